The summed E-state index contributed by atoms with van der Waals surface area (Å²) in [4.78, 5) is 12.7. The minimum absolute atomic E-state index is 0.1000. The van der Waals surface area contributed by atoms with Crippen LogP contribution in [0.25, 0.3) is 0 Å². The van der Waals surface area contributed by atoms with Crippen molar-refractivity contribution in [3.05, 3.63) is 0 Å². The van der Waals surface area contributed by atoms with Crippen molar-refractivity contribution in [1.82, 2.24) is 10.6 Å². The van der Waals surface area contributed by atoms with Gasteiger partial charge in [0.15, 0.2) is 0 Å². The molecule has 0 aliphatic carbocycles. The average molecular weight is 270 g/mol. The summed E-state index contributed by atoms with van der Waals surface area (Å²) in [6.07, 6.45) is 3.70. The van der Waals surface area contributed by atoms with Gasteiger partial charge >= 0.3 is 0 Å². The monoisotopic (exact) mass is 270 g/mol. The predicted molar refractivity (Wildman–Crippen MR) is 78.0 cm³/mol. The second-order valence-electron chi connectivity index (χ2n) is 6.92. The molecule has 1 fully saturated rings. The number of hydrogen-bond donors (Lipinski definition) is 3. The molecule has 1 aliphatic rings. The van der Waals surface area contributed by atoms with Crippen molar-refractivity contribution in [2.75, 3.05) is 13.1 Å². The summed E-state index contributed by atoms with van der Waals surface area (Å²) in [5.74, 6) is 0.1000. The van der Waals surface area contributed by atoms with Crippen molar-refractivity contribution in [1.29, 1.82) is 0 Å². The zero-order chi connectivity index (χ0) is 14.7. The van der Waals surface area contributed by atoms with Crippen LogP contribution in [-0.2, 0) is 4.79 Å². The lowest BCUT2D eigenvalue weighted by Gasteiger charge is -2.43. The molecule has 0 radical (unpaired) electrons. The number of carbonyl (C=O) groups excluding carboxylic acids is 1. The van der Waals surface area contributed by atoms with E-state index in [9.17, 15) is 9.90 Å². The SMILES string of the molecule is CCCC1(C(=O)NC(C)(C)C(C)(C)O)CCNCC1. The highest BCUT2D eigenvalue weighted by atomic mass is 16.3. The topological polar surface area (TPSA) is 61.4 Å². The summed E-state index contributed by atoms with van der Waals surface area (Å²) < 4.78 is 0. The lowest BCUT2D eigenvalue weighted by molar-refractivity contribution is -0.138. The molecule has 0 atom stereocenters. The van der Waals surface area contributed by atoms with Crippen molar-refractivity contribution >= 4 is 5.91 Å². The Labute approximate surface area is 117 Å². The van der Waals surface area contributed by atoms with Crippen LogP contribution in [0.5, 0.6) is 0 Å². The quantitative estimate of drug-likeness (QED) is 0.714. The second kappa shape index (κ2) is 5.80. The van der Waals surface area contributed by atoms with Crippen molar-refractivity contribution in [2.45, 2.75) is 71.4 Å². The van der Waals surface area contributed by atoms with Crippen LogP contribution >= 0.6 is 0 Å². The molecule has 0 aromatic carbocycles. The fourth-order valence-electron chi connectivity index (χ4n) is 2.54. The molecule has 1 amide bonds. The normalized spacial score (nSPS) is 20.1. The Bertz CT molecular complexity index is 307. The first kappa shape index (κ1) is 16.4. The van der Waals surface area contributed by atoms with Gasteiger partial charge in [-0.3, -0.25) is 4.79 Å². The summed E-state index contributed by atoms with van der Waals surface area (Å²) in [6.45, 7) is 11.2. The highest BCUT2D eigenvalue weighted by Crippen LogP contribution is 2.35. The molecule has 112 valence electrons. The van der Waals surface area contributed by atoms with Gasteiger partial charge in [0.1, 0.15) is 0 Å². The lowest BCUT2D eigenvalue weighted by Crippen LogP contribution is -2.61. The van der Waals surface area contributed by atoms with Gasteiger partial charge in [-0.1, -0.05) is 13.3 Å². The van der Waals surface area contributed by atoms with Gasteiger partial charge in [0.25, 0.3) is 0 Å². The molecule has 19 heavy (non-hydrogen) atoms. The molecule has 1 aliphatic heterocycles. The Morgan fingerprint density at radius 2 is 1.79 bits per heavy atom. The van der Waals surface area contributed by atoms with Crippen LogP contribution in [0.2, 0.25) is 0 Å². The highest BCUT2D eigenvalue weighted by molar-refractivity contribution is 5.83. The van der Waals surface area contributed by atoms with Crippen LogP contribution < -0.4 is 10.6 Å². The van der Waals surface area contributed by atoms with Crippen LogP contribution in [0.1, 0.15) is 60.3 Å². The van der Waals surface area contributed by atoms with E-state index in [-0.39, 0.29) is 11.3 Å². The Morgan fingerprint density at radius 3 is 2.21 bits per heavy atom. The molecule has 0 aromatic rings. The number of piperidine rings is 1. The van der Waals surface area contributed by atoms with Gasteiger partial charge < -0.3 is 15.7 Å². The zero-order valence-electron chi connectivity index (χ0n) is 13.1. The van der Waals surface area contributed by atoms with Crippen molar-refractivity contribution in [2.24, 2.45) is 5.41 Å². The minimum atomic E-state index is -0.941. The summed E-state index contributed by atoms with van der Waals surface area (Å²) in [5, 5.41) is 16.6. The maximum Gasteiger partial charge on any atom is 0.226 e. The molecule has 1 rings (SSSR count). The number of rotatable bonds is 5. The van der Waals surface area contributed by atoms with Gasteiger partial charge in [-0.2, -0.15) is 0 Å². The Kier molecular flexibility index (Phi) is 5.02. The molecule has 1 saturated heterocycles. The summed E-state index contributed by atoms with van der Waals surface area (Å²) in [5.41, 5.74) is -1.83. The Morgan fingerprint density at radius 1 is 1.26 bits per heavy atom. The highest BCUT2D eigenvalue weighted by Gasteiger charge is 2.43. The molecule has 0 unspecified atom stereocenters. The van der Waals surface area contributed by atoms with Gasteiger partial charge in [0.2, 0.25) is 5.91 Å². The molecule has 0 aromatic heterocycles. The van der Waals surface area contributed by atoms with E-state index in [0.717, 1.165) is 38.8 Å². The average Bonchev–Trinajstić information content (AvgIpc) is 2.28. The number of amides is 1. The second-order valence-corrected chi connectivity index (χ2v) is 6.92. The van der Waals surface area contributed by atoms with Gasteiger partial charge in [0, 0.05) is 0 Å². The van der Waals surface area contributed by atoms with Crippen LogP contribution in [0.15, 0.2) is 0 Å². The zero-order valence-corrected chi connectivity index (χ0v) is 13.1. The van der Waals surface area contributed by atoms with Crippen LogP contribution in [0, 0.1) is 5.41 Å². The van der Waals surface area contributed by atoms with E-state index in [4.69, 9.17) is 0 Å². The molecular weight excluding hydrogens is 240 g/mol. The molecule has 3 N–H and O–H groups in total. The largest absolute Gasteiger partial charge is 0.388 e. The first-order chi connectivity index (χ1) is 8.65. The molecular formula is C15H30N2O2. The van der Waals surface area contributed by atoms with Crippen LogP contribution in [0.4, 0.5) is 0 Å². The maximum atomic E-state index is 12.7. The third kappa shape index (κ3) is 3.69. The first-order valence-corrected chi connectivity index (χ1v) is 7.40. The number of nitrogens with one attached hydrogen (secondary N) is 2. The molecule has 4 nitrogen and oxygen atoms in total. The van der Waals surface area contributed by atoms with E-state index in [0.29, 0.717) is 0 Å². The van der Waals surface area contributed by atoms with Gasteiger partial charge in [-0.15, -0.1) is 0 Å². The van der Waals surface area contributed by atoms with E-state index >= 15 is 0 Å². The first-order valence-electron chi connectivity index (χ1n) is 7.40. The van der Waals surface area contributed by atoms with Crippen LogP contribution in [-0.4, -0.2) is 35.2 Å². The predicted octanol–water partition coefficient (Wildman–Crippen LogP) is 1.82. The summed E-state index contributed by atoms with van der Waals surface area (Å²) in [6, 6.07) is 0. The van der Waals surface area contributed by atoms with Crippen molar-refractivity contribution < 1.29 is 9.90 Å². The van der Waals surface area contributed by atoms with E-state index in [2.05, 4.69) is 17.6 Å². The molecule has 0 saturated carbocycles. The Balaban J connectivity index is 2.84. The van der Waals surface area contributed by atoms with E-state index in [1.54, 1.807) is 13.8 Å². The third-order valence-corrected chi connectivity index (χ3v) is 4.73. The maximum absolute atomic E-state index is 12.7. The molecule has 0 bridgehead atoms. The Hall–Kier alpha value is -0.610. The van der Waals surface area contributed by atoms with Crippen LogP contribution in [0.3, 0.4) is 0 Å². The van der Waals surface area contributed by atoms with E-state index < -0.39 is 11.1 Å². The van der Waals surface area contributed by atoms with E-state index in [1.807, 2.05) is 13.8 Å². The van der Waals surface area contributed by atoms with Gasteiger partial charge in [-0.25, -0.2) is 0 Å². The standard InChI is InChI=1S/C15H30N2O2/c1-6-7-15(8-10-16-11-9-15)12(18)17-13(2,3)14(4,5)19/h16,19H,6-11H2,1-5H3,(H,17,18). The smallest absolute Gasteiger partial charge is 0.226 e. The molecule has 1 heterocycles. The summed E-state index contributed by atoms with van der Waals surface area (Å²) >= 11 is 0. The van der Waals surface area contributed by atoms with E-state index in [1.165, 1.54) is 0 Å². The lowest BCUT2D eigenvalue weighted by atomic mass is 9.73. The fraction of sp³-hybridized carbons (Fsp3) is 0.933. The summed E-state index contributed by atoms with van der Waals surface area (Å²) in [7, 11) is 0. The number of hydrogen-bond acceptors (Lipinski definition) is 3. The van der Waals surface area contributed by atoms with Crippen molar-refractivity contribution in [3.8, 4) is 0 Å². The third-order valence-electron chi connectivity index (χ3n) is 4.73. The number of aliphatic hydroxyl groups is 1. The molecule has 4 heteroatoms. The van der Waals surface area contributed by atoms with Gasteiger partial charge in [-0.05, 0) is 60.0 Å². The number of carbonyl (C=O) groups is 1. The fourth-order valence-corrected chi connectivity index (χ4v) is 2.54. The van der Waals surface area contributed by atoms with Crippen molar-refractivity contribution in [3.63, 3.8) is 0 Å². The minimum Gasteiger partial charge on any atom is -0.388 e. The molecule has 0 spiro atoms. The van der Waals surface area contributed by atoms with Gasteiger partial charge in [0.05, 0.1) is 16.6 Å².